The molecule has 2 atom stereocenters. The zero-order valence-corrected chi connectivity index (χ0v) is 19.4. The van der Waals surface area contributed by atoms with Gasteiger partial charge in [0.2, 0.25) is 0 Å². The molecule has 0 saturated carbocycles. The molecule has 3 rings (SSSR count). The summed E-state index contributed by atoms with van der Waals surface area (Å²) in [6, 6.07) is 24.8. The van der Waals surface area contributed by atoms with E-state index in [0.29, 0.717) is 12.1 Å². The molecule has 0 heterocycles. The predicted octanol–water partition coefficient (Wildman–Crippen LogP) is 4.87. The summed E-state index contributed by atoms with van der Waals surface area (Å²) in [7, 11) is 0. The smallest absolute Gasteiger partial charge is 0.320 e. The Bertz CT molecular complexity index is 1070. The Labute approximate surface area is 195 Å². The molecule has 0 aliphatic heterocycles. The molecule has 3 aromatic rings. The van der Waals surface area contributed by atoms with Crippen LogP contribution in [0.1, 0.15) is 48.2 Å². The molecule has 0 aliphatic carbocycles. The maximum Gasteiger partial charge on any atom is 0.320 e. The SMILES string of the molecule is CC(C)(C)[C@@H](CNC(=O)c1ccc(C[C@H](N)C(=O)O)cc1)c1ccc(-c2ccccc2)cc1. The highest BCUT2D eigenvalue weighted by Gasteiger charge is 2.27. The first-order valence-corrected chi connectivity index (χ1v) is 11.2. The highest BCUT2D eigenvalue weighted by molar-refractivity contribution is 5.94. The van der Waals surface area contributed by atoms with E-state index in [-0.39, 0.29) is 23.7 Å². The zero-order chi connectivity index (χ0) is 24.0. The minimum atomic E-state index is -1.04. The Morgan fingerprint density at radius 3 is 2.00 bits per heavy atom. The van der Waals surface area contributed by atoms with E-state index in [0.717, 1.165) is 5.56 Å². The van der Waals surface area contributed by atoms with Gasteiger partial charge in [-0.05, 0) is 46.2 Å². The van der Waals surface area contributed by atoms with Crippen molar-refractivity contribution in [3.8, 4) is 11.1 Å². The van der Waals surface area contributed by atoms with Gasteiger partial charge >= 0.3 is 5.97 Å². The molecule has 5 heteroatoms. The number of rotatable bonds is 8. The Balaban J connectivity index is 1.67. The maximum atomic E-state index is 12.8. The van der Waals surface area contributed by atoms with Gasteiger partial charge in [-0.1, -0.05) is 87.5 Å². The number of carbonyl (C=O) groups excluding carboxylic acids is 1. The van der Waals surface area contributed by atoms with Crippen molar-refractivity contribution in [2.75, 3.05) is 6.54 Å². The van der Waals surface area contributed by atoms with Crippen LogP contribution in [0.5, 0.6) is 0 Å². The van der Waals surface area contributed by atoms with E-state index in [4.69, 9.17) is 10.8 Å². The van der Waals surface area contributed by atoms with Crippen molar-refractivity contribution in [1.82, 2.24) is 5.32 Å². The Kier molecular flexibility index (Phi) is 7.67. The fourth-order valence-corrected chi connectivity index (χ4v) is 3.89. The van der Waals surface area contributed by atoms with Crippen LogP contribution in [0.4, 0.5) is 0 Å². The topological polar surface area (TPSA) is 92.4 Å². The first-order chi connectivity index (χ1) is 15.6. The van der Waals surface area contributed by atoms with Crippen LogP contribution in [0.3, 0.4) is 0 Å². The number of hydrogen-bond donors (Lipinski definition) is 3. The van der Waals surface area contributed by atoms with Gasteiger partial charge in [0, 0.05) is 18.0 Å². The third kappa shape index (κ3) is 6.53. The van der Waals surface area contributed by atoms with Crippen molar-refractivity contribution >= 4 is 11.9 Å². The molecule has 1 amide bonds. The molecule has 0 saturated heterocycles. The number of carboxylic acids is 1. The average Bonchev–Trinajstić information content (AvgIpc) is 2.79. The largest absolute Gasteiger partial charge is 0.480 e. The van der Waals surface area contributed by atoms with E-state index in [2.05, 4.69) is 62.5 Å². The zero-order valence-electron chi connectivity index (χ0n) is 19.4. The minimum Gasteiger partial charge on any atom is -0.480 e. The molecule has 0 radical (unpaired) electrons. The van der Waals surface area contributed by atoms with Crippen LogP contribution in [-0.2, 0) is 11.2 Å². The number of amides is 1. The van der Waals surface area contributed by atoms with Crippen LogP contribution in [0, 0.1) is 5.41 Å². The molecule has 0 unspecified atom stereocenters. The van der Waals surface area contributed by atoms with Crippen LogP contribution in [0.25, 0.3) is 11.1 Å². The summed E-state index contributed by atoms with van der Waals surface area (Å²) in [5.41, 5.74) is 10.4. The van der Waals surface area contributed by atoms with E-state index < -0.39 is 12.0 Å². The Morgan fingerprint density at radius 1 is 0.879 bits per heavy atom. The van der Waals surface area contributed by atoms with Crippen molar-refractivity contribution in [3.63, 3.8) is 0 Å². The van der Waals surface area contributed by atoms with Crippen LogP contribution in [0.2, 0.25) is 0 Å². The molecule has 0 aliphatic rings. The molecule has 0 bridgehead atoms. The number of nitrogens with two attached hydrogens (primary N) is 1. The number of carbonyl (C=O) groups is 2. The summed E-state index contributed by atoms with van der Waals surface area (Å²) in [5.74, 6) is -1.06. The molecule has 33 heavy (non-hydrogen) atoms. The van der Waals surface area contributed by atoms with Crippen LogP contribution in [0.15, 0.2) is 78.9 Å². The van der Waals surface area contributed by atoms with Gasteiger partial charge in [0.25, 0.3) is 5.91 Å². The van der Waals surface area contributed by atoms with E-state index in [1.807, 2.05) is 18.2 Å². The minimum absolute atomic E-state index is 0.0433. The van der Waals surface area contributed by atoms with Gasteiger partial charge in [-0.25, -0.2) is 0 Å². The van der Waals surface area contributed by atoms with E-state index in [9.17, 15) is 9.59 Å². The lowest BCUT2D eigenvalue weighted by Gasteiger charge is -2.31. The summed E-state index contributed by atoms with van der Waals surface area (Å²) in [5, 5.41) is 12.0. The summed E-state index contributed by atoms with van der Waals surface area (Å²) >= 11 is 0. The van der Waals surface area contributed by atoms with Crippen LogP contribution in [-0.4, -0.2) is 29.6 Å². The molecule has 3 aromatic carbocycles. The van der Waals surface area contributed by atoms with Gasteiger partial charge < -0.3 is 16.2 Å². The fourth-order valence-electron chi connectivity index (χ4n) is 3.89. The van der Waals surface area contributed by atoms with Gasteiger partial charge in [0.05, 0.1) is 0 Å². The van der Waals surface area contributed by atoms with Gasteiger partial charge in [0.15, 0.2) is 0 Å². The summed E-state index contributed by atoms with van der Waals surface area (Å²) in [6.07, 6.45) is 0.225. The quantitative estimate of drug-likeness (QED) is 0.462. The van der Waals surface area contributed by atoms with E-state index in [1.165, 1.54) is 16.7 Å². The molecule has 172 valence electrons. The number of nitrogens with one attached hydrogen (secondary N) is 1. The van der Waals surface area contributed by atoms with Gasteiger partial charge in [-0.2, -0.15) is 0 Å². The van der Waals surface area contributed by atoms with Gasteiger partial charge in [0.1, 0.15) is 6.04 Å². The summed E-state index contributed by atoms with van der Waals surface area (Å²) in [4.78, 5) is 23.7. The lowest BCUT2D eigenvalue weighted by Crippen LogP contribution is -2.34. The lowest BCUT2D eigenvalue weighted by molar-refractivity contribution is -0.138. The van der Waals surface area contributed by atoms with Crippen LogP contribution < -0.4 is 11.1 Å². The first-order valence-electron chi connectivity index (χ1n) is 11.2. The highest BCUT2D eigenvalue weighted by atomic mass is 16.4. The third-order valence-electron chi connectivity index (χ3n) is 5.92. The van der Waals surface area contributed by atoms with Crippen LogP contribution >= 0.6 is 0 Å². The number of hydrogen-bond acceptors (Lipinski definition) is 3. The predicted molar refractivity (Wildman–Crippen MR) is 132 cm³/mol. The summed E-state index contributed by atoms with van der Waals surface area (Å²) in [6.45, 7) is 7.04. The standard InChI is InChI=1S/C28H32N2O3/c1-28(2,3)24(22-15-13-21(14-16-22)20-7-5-4-6-8-20)18-30-26(31)23-11-9-19(10-12-23)17-25(29)27(32)33/h4-16,24-25H,17-18,29H2,1-3H3,(H,30,31)(H,32,33)/t24-,25-/m0/s1. The monoisotopic (exact) mass is 444 g/mol. The Morgan fingerprint density at radius 2 is 1.45 bits per heavy atom. The second-order valence-corrected chi connectivity index (χ2v) is 9.46. The average molecular weight is 445 g/mol. The van der Waals surface area contributed by atoms with E-state index in [1.54, 1.807) is 24.3 Å². The fraction of sp³-hybridized carbons (Fsp3) is 0.286. The van der Waals surface area contributed by atoms with Gasteiger partial charge in [-0.15, -0.1) is 0 Å². The second-order valence-electron chi connectivity index (χ2n) is 9.46. The summed E-state index contributed by atoms with van der Waals surface area (Å²) < 4.78 is 0. The highest BCUT2D eigenvalue weighted by Crippen LogP contribution is 2.35. The van der Waals surface area contributed by atoms with Gasteiger partial charge in [-0.3, -0.25) is 9.59 Å². The molecule has 5 nitrogen and oxygen atoms in total. The molecule has 4 N–H and O–H groups in total. The normalized spacial score (nSPS) is 13.2. The first kappa shape index (κ1) is 24.2. The lowest BCUT2D eigenvalue weighted by atomic mass is 9.76. The number of aliphatic carboxylic acids is 1. The van der Waals surface area contributed by atoms with Crippen molar-refractivity contribution in [1.29, 1.82) is 0 Å². The van der Waals surface area contributed by atoms with Crippen molar-refractivity contribution in [2.45, 2.75) is 39.2 Å². The Hall–Kier alpha value is -3.44. The molecular formula is C28H32N2O3. The second kappa shape index (κ2) is 10.5. The molecule has 0 spiro atoms. The maximum absolute atomic E-state index is 12.8. The molecule has 0 aromatic heterocycles. The number of benzene rings is 3. The van der Waals surface area contributed by atoms with Crippen molar-refractivity contribution in [2.24, 2.45) is 11.1 Å². The molecule has 0 fully saturated rings. The number of carboxylic acid groups (broad SMARTS) is 1. The van der Waals surface area contributed by atoms with E-state index >= 15 is 0 Å². The van der Waals surface area contributed by atoms with Crippen molar-refractivity contribution in [3.05, 3.63) is 95.6 Å². The molecular weight excluding hydrogens is 412 g/mol. The third-order valence-corrected chi connectivity index (χ3v) is 5.92. The van der Waals surface area contributed by atoms with Crippen molar-refractivity contribution < 1.29 is 14.7 Å².